The Balaban J connectivity index is 1.73. The zero-order valence-corrected chi connectivity index (χ0v) is 12.2. The van der Waals surface area contributed by atoms with E-state index in [9.17, 15) is 0 Å². The highest BCUT2D eigenvalue weighted by Gasteiger charge is 2.39. The zero-order valence-electron chi connectivity index (χ0n) is 12.2. The molecule has 0 atom stereocenters. The molecule has 1 nitrogen and oxygen atoms in total. The standard InChI is InChI=1S/C16H33N/c1-3-5-6-7-8-9-10-11-14-17-15-16(4-2)12-13-16/h17H,3-15H2,1-2H3. The number of rotatable bonds is 12. The maximum Gasteiger partial charge on any atom is 0.000771 e. The largest absolute Gasteiger partial charge is 0.316 e. The third-order valence-electron chi connectivity index (χ3n) is 4.41. The van der Waals surface area contributed by atoms with Gasteiger partial charge in [-0.05, 0) is 37.6 Å². The SMILES string of the molecule is CCCCCCCCCCNCC1(CC)CC1. The topological polar surface area (TPSA) is 12.0 Å². The number of nitrogens with one attached hydrogen (secondary N) is 1. The Labute approximate surface area is 109 Å². The molecule has 1 aliphatic rings. The van der Waals surface area contributed by atoms with Gasteiger partial charge in [0, 0.05) is 6.54 Å². The Morgan fingerprint density at radius 2 is 1.41 bits per heavy atom. The van der Waals surface area contributed by atoms with Crippen molar-refractivity contribution in [1.82, 2.24) is 5.32 Å². The second-order valence-electron chi connectivity index (χ2n) is 6.01. The van der Waals surface area contributed by atoms with Crippen LogP contribution in [0.4, 0.5) is 0 Å². The molecule has 17 heavy (non-hydrogen) atoms. The van der Waals surface area contributed by atoms with Crippen LogP contribution in [0.1, 0.15) is 84.5 Å². The summed E-state index contributed by atoms with van der Waals surface area (Å²) >= 11 is 0. The van der Waals surface area contributed by atoms with Crippen molar-refractivity contribution in [2.45, 2.75) is 84.5 Å². The molecule has 1 saturated carbocycles. The molecule has 0 saturated heterocycles. The van der Waals surface area contributed by atoms with E-state index >= 15 is 0 Å². The molecule has 1 N–H and O–H groups in total. The number of unbranched alkanes of at least 4 members (excludes halogenated alkanes) is 7. The van der Waals surface area contributed by atoms with Crippen molar-refractivity contribution in [2.75, 3.05) is 13.1 Å². The molecule has 0 unspecified atom stereocenters. The van der Waals surface area contributed by atoms with E-state index in [0.29, 0.717) is 0 Å². The smallest absolute Gasteiger partial charge is 0.000771 e. The van der Waals surface area contributed by atoms with Crippen molar-refractivity contribution in [2.24, 2.45) is 5.41 Å². The van der Waals surface area contributed by atoms with E-state index in [1.165, 1.54) is 83.7 Å². The van der Waals surface area contributed by atoms with Gasteiger partial charge in [0.15, 0.2) is 0 Å². The van der Waals surface area contributed by atoms with Gasteiger partial charge in [-0.25, -0.2) is 0 Å². The van der Waals surface area contributed by atoms with Crippen molar-refractivity contribution in [3.63, 3.8) is 0 Å². The van der Waals surface area contributed by atoms with E-state index in [1.807, 2.05) is 0 Å². The van der Waals surface area contributed by atoms with Gasteiger partial charge in [0.25, 0.3) is 0 Å². The fraction of sp³-hybridized carbons (Fsp3) is 1.00. The van der Waals surface area contributed by atoms with E-state index in [-0.39, 0.29) is 0 Å². The van der Waals surface area contributed by atoms with Gasteiger partial charge in [-0.2, -0.15) is 0 Å². The number of hydrogen-bond donors (Lipinski definition) is 1. The van der Waals surface area contributed by atoms with E-state index in [4.69, 9.17) is 0 Å². The van der Waals surface area contributed by atoms with Gasteiger partial charge < -0.3 is 5.32 Å². The molecule has 1 fully saturated rings. The minimum atomic E-state index is 0.722. The molecular formula is C16H33N. The van der Waals surface area contributed by atoms with Gasteiger partial charge in [0.2, 0.25) is 0 Å². The van der Waals surface area contributed by atoms with Crippen molar-refractivity contribution in [3.8, 4) is 0 Å². The molecular weight excluding hydrogens is 206 g/mol. The highest BCUT2D eigenvalue weighted by molar-refractivity contribution is 4.93. The monoisotopic (exact) mass is 239 g/mol. The molecule has 0 spiro atoms. The van der Waals surface area contributed by atoms with E-state index in [0.717, 1.165) is 5.41 Å². The van der Waals surface area contributed by atoms with Crippen LogP contribution in [-0.2, 0) is 0 Å². The molecule has 102 valence electrons. The van der Waals surface area contributed by atoms with Gasteiger partial charge >= 0.3 is 0 Å². The summed E-state index contributed by atoms with van der Waals surface area (Å²) in [6, 6.07) is 0. The fourth-order valence-electron chi connectivity index (χ4n) is 2.57. The molecule has 0 aromatic heterocycles. The van der Waals surface area contributed by atoms with E-state index in [1.54, 1.807) is 0 Å². The minimum absolute atomic E-state index is 0.722. The van der Waals surface area contributed by atoms with Crippen LogP contribution in [0.25, 0.3) is 0 Å². The summed E-state index contributed by atoms with van der Waals surface area (Å²) < 4.78 is 0. The highest BCUT2D eigenvalue weighted by atomic mass is 14.9. The van der Waals surface area contributed by atoms with Crippen LogP contribution in [0.5, 0.6) is 0 Å². The molecule has 0 aromatic rings. The fourth-order valence-corrected chi connectivity index (χ4v) is 2.57. The maximum absolute atomic E-state index is 3.65. The summed E-state index contributed by atoms with van der Waals surface area (Å²) in [6.45, 7) is 7.15. The predicted octanol–water partition coefficient (Wildman–Crippen LogP) is 4.91. The van der Waals surface area contributed by atoms with Crippen LogP contribution in [0.15, 0.2) is 0 Å². The quantitative estimate of drug-likeness (QED) is 0.477. The third kappa shape index (κ3) is 7.08. The number of hydrogen-bond acceptors (Lipinski definition) is 1. The lowest BCUT2D eigenvalue weighted by Crippen LogP contribution is -2.24. The van der Waals surface area contributed by atoms with Gasteiger partial charge in [-0.15, -0.1) is 0 Å². The molecule has 0 radical (unpaired) electrons. The van der Waals surface area contributed by atoms with Crippen LogP contribution in [-0.4, -0.2) is 13.1 Å². The Hall–Kier alpha value is -0.0400. The molecule has 0 aliphatic heterocycles. The second-order valence-corrected chi connectivity index (χ2v) is 6.01. The Morgan fingerprint density at radius 3 is 1.94 bits per heavy atom. The average Bonchev–Trinajstić information content (AvgIpc) is 3.12. The first kappa shape index (κ1) is 15.0. The molecule has 0 bridgehead atoms. The lowest BCUT2D eigenvalue weighted by Gasteiger charge is -2.13. The molecule has 1 heteroatoms. The normalized spacial score (nSPS) is 17.3. The van der Waals surface area contributed by atoms with Crippen molar-refractivity contribution in [1.29, 1.82) is 0 Å². The van der Waals surface area contributed by atoms with Crippen molar-refractivity contribution >= 4 is 0 Å². The second kappa shape index (κ2) is 8.97. The predicted molar refractivity (Wildman–Crippen MR) is 77.4 cm³/mol. The van der Waals surface area contributed by atoms with E-state index < -0.39 is 0 Å². The first-order valence-corrected chi connectivity index (χ1v) is 8.04. The molecule has 0 amide bonds. The highest BCUT2D eigenvalue weighted by Crippen LogP contribution is 2.47. The molecule has 0 aromatic carbocycles. The van der Waals surface area contributed by atoms with Gasteiger partial charge in [0.1, 0.15) is 0 Å². The van der Waals surface area contributed by atoms with Crippen molar-refractivity contribution < 1.29 is 0 Å². The first-order chi connectivity index (χ1) is 8.33. The molecule has 0 heterocycles. The lowest BCUT2D eigenvalue weighted by atomic mass is 10.0. The van der Waals surface area contributed by atoms with Gasteiger partial charge in [-0.1, -0.05) is 58.8 Å². The van der Waals surface area contributed by atoms with Crippen LogP contribution >= 0.6 is 0 Å². The van der Waals surface area contributed by atoms with Crippen LogP contribution in [0.3, 0.4) is 0 Å². The summed E-state index contributed by atoms with van der Waals surface area (Å²) in [7, 11) is 0. The van der Waals surface area contributed by atoms with Crippen LogP contribution in [0, 0.1) is 5.41 Å². The summed E-state index contributed by atoms with van der Waals surface area (Å²) in [5, 5.41) is 3.65. The van der Waals surface area contributed by atoms with Crippen molar-refractivity contribution in [3.05, 3.63) is 0 Å². The third-order valence-corrected chi connectivity index (χ3v) is 4.41. The summed E-state index contributed by atoms with van der Waals surface area (Å²) in [5.74, 6) is 0. The first-order valence-electron chi connectivity index (χ1n) is 8.04. The van der Waals surface area contributed by atoms with Gasteiger partial charge in [0.05, 0.1) is 0 Å². The minimum Gasteiger partial charge on any atom is -0.316 e. The Kier molecular flexibility index (Phi) is 7.92. The summed E-state index contributed by atoms with van der Waals surface area (Å²) in [5.41, 5.74) is 0.722. The Bertz CT molecular complexity index is 172. The average molecular weight is 239 g/mol. The lowest BCUT2D eigenvalue weighted by molar-refractivity contribution is 0.437. The Morgan fingerprint density at radius 1 is 0.824 bits per heavy atom. The zero-order chi connectivity index (χ0) is 12.4. The molecule has 1 aliphatic carbocycles. The van der Waals surface area contributed by atoms with Crippen LogP contribution < -0.4 is 5.32 Å². The molecule has 1 rings (SSSR count). The van der Waals surface area contributed by atoms with E-state index in [2.05, 4.69) is 19.2 Å². The summed E-state index contributed by atoms with van der Waals surface area (Å²) in [4.78, 5) is 0. The summed E-state index contributed by atoms with van der Waals surface area (Å²) in [6.07, 6.45) is 15.7. The van der Waals surface area contributed by atoms with Gasteiger partial charge in [-0.3, -0.25) is 0 Å². The van der Waals surface area contributed by atoms with Crippen LogP contribution in [0.2, 0.25) is 0 Å². The maximum atomic E-state index is 3.65.